The molecule has 2 aromatic heterocycles. The second-order valence-electron chi connectivity index (χ2n) is 10.5. The molecule has 0 radical (unpaired) electrons. The van der Waals surface area contributed by atoms with Crippen molar-refractivity contribution in [3.05, 3.63) is 53.4 Å². The number of aryl methyl sites for hydroxylation is 1. The van der Waals surface area contributed by atoms with E-state index < -0.39 is 0 Å². The van der Waals surface area contributed by atoms with Gasteiger partial charge < -0.3 is 19.4 Å². The van der Waals surface area contributed by atoms with Gasteiger partial charge in [-0.05, 0) is 69.0 Å². The van der Waals surface area contributed by atoms with Gasteiger partial charge in [0.15, 0.2) is 0 Å². The van der Waals surface area contributed by atoms with E-state index >= 15 is 0 Å². The Kier molecular flexibility index (Phi) is 7.15. The highest BCUT2D eigenvalue weighted by Gasteiger charge is 2.34. The van der Waals surface area contributed by atoms with E-state index in [-0.39, 0.29) is 5.91 Å². The second kappa shape index (κ2) is 10.5. The molecular weight excluding hydrogens is 466 g/mol. The summed E-state index contributed by atoms with van der Waals surface area (Å²) >= 11 is 0. The third-order valence-electron chi connectivity index (χ3n) is 7.77. The van der Waals surface area contributed by atoms with Gasteiger partial charge in [0.1, 0.15) is 12.4 Å². The zero-order chi connectivity index (χ0) is 26.1. The van der Waals surface area contributed by atoms with Crippen LogP contribution in [0, 0.1) is 12.8 Å². The first-order valence-electron chi connectivity index (χ1n) is 13.1. The fourth-order valence-corrected chi connectivity index (χ4v) is 5.69. The van der Waals surface area contributed by atoms with Gasteiger partial charge in [-0.1, -0.05) is 19.6 Å². The molecule has 1 aliphatic carbocycles. The number of likely N-dealkylation sites (N-methyl/N-ethyl adjacent to an activating group) is 1. The summed E-state index contributed by atoms with van der Waals surface area (Å²) in [6.45, 7) is 12.2. The Morgan fingerprint density at radius 1 is 1.22 bits per heavy atom. The first kappa shape index (κ1) is 25.2. The van der Waals surface area contributed by atoms with Crippen LogP contribution in [0.15, 0.2) is 31.0 Å². The predicted molar refractivity (Wildman–Crippen MR) is 145 cm³/mol. The highest BCUT2D eigenvalue weighted by Crippen LogP contribution is 2.43. The molecular formula is C28H37N7O2. The van der Waals surface area contributed by atoms with E-state index in [2.05, 4.69) is 52.6 Å². The van der Waals surface area contributed by atoms with E-state index in [1.165, 1.54) is 28.2 Å². The van der Waals surface area contributed by atoms with Crippen LogP contribution >= 0.6 is 0 Å². The first-order valence-corrected chi connectivity index (χ1v) is 13.1. The molecule has 1 fully saturated rings. The monoisotopic (exact) mass is 503 g/mol. The van der Waals surface area contributed by atoms with Crippen molar-refractivity contribution < 1.29 is 9.53 Å². The molecule has 0 bridgehead atoms. The van der Waals surface area contributed by atoms with Crippen LogP contribution in [0.1, 0.15) is 35.2 Å². The largest absolute Gasteiger partial charge is 0.462 e. The number of nitrogens with zero attached hydrogens (tertiary/aromatic N) is 6. The summed E-state index contributed by atoms with van der Waals surface area (Å²) in [4.78, 5) is 28.2. The van der Waals surface area contributed by atoms with Crippen molar-refractivity contribution >= 4 is 22.6 Å². The fourth-order valence-electron chi connectivity index (χ4n) is 5.69. The molecule has 37 heavy (non-hydrogen) atoms. The Morgan fingerprint density at radius 3 is 2.73 bits per heavy atom. The number of piperazine rings is 1. The summed E-state index contributed by atoms with van der Waals surface area (Å²) in [6, 6.07) is 4.73. The van der Waals surface area contributed by atoms with E-state index in [1.54, 1.807) is 0 Å². The first-order chi connectivity index (χ1) is 17.9. The highest BCUT2D eigenvalue weighted by atomic mass is 16.5. The third-order valence-corrected chi connectivity index (χ3v) is 7.77. The summed E-state index contributed by atoms with van der Waals surface area (Å²) in [5.74, 6) is 1.68. The van der Waals surface area contributed by atoms with Crippen LogP contribution in [0.4, 0.5) is 5.82 Å². The molecule has 1 aliphatic heterocycles. The summed E-state index contributed by atoms with van der Waals surface area (Å²) in [7, 11) is 4.05. The Balaban J connectivity index is 1.49. The maximum absolute atomic E-state index is 12.1. The van der Waals surface area contributed by atoms with Gasteiger partial charge in [0.2, 0.25) is 5.91 Å². The normalized spacial score (nSPS) is 19.8. The van der Waals surface area contributed by atoms with E-state index in [9.17, 15) is 4.79 Å². The zero-order valence-corrected chi connectivity index (χ0v) is 22.3. The summed E-state index contributed by atoms with van der Waals surface area (Å²) < 4.78 is 6.06. The van der Waals surface area contributed by atoms with Gasteiger partial charge in [0.05, 0.1) is 17.4 Å². The number of fused-ring (bicyclic) bond motifs is 2. The lowest BCUT2D eigenvalue weighted by Gasteiger charge is -2.38. The number of hydrogen-bond acceptors (Lipinski definition) is 7. The number of amides is 1. The van der Waals surface area contributed by atoms with Crippen molar-refractivity contribution in [1.29, 1.82) is 0 Å². The topological polar surface area (TPSA) is 90.5 Å². The Labute approximate surface area is 218 Å². The Hall–Kier alpha value is -3.46. The van der Waals surface area contributed by atoms with Crippen LogP contribution < -0.4 is 9.64 Å². The van der Waals surface area contributed by atoms with Crippen LogP contribution in [0.2, 0.25) is 0 Å². The van der Waals surface area contributed by atoms with Gasteiger partial charge in [0, 0.05) is 43.7 Å². The summed E-state index contributed by atoms with van der Waals surface area (Å²) in [5, 5.41) is 8.64. The standard InChI is InChI=1S/C28H37N7O2/c1-6-25(36)34-9-11-35(12-10-34)27-21-15-19(3)20(26-18(2)7-8-23-22(26)17-29-32-23)16-24(21)30-28(31-27)37-14-13-33(4)5/h6-8,17,19-20H,1,9-16H2,2-5H3,(H,29,32)/t19-,20-/m1/s1. The van der Waals surface area contributed by atoms with Crippen LogP contribution in [-0.2, 0) is 17.6 Å². The smallest absolute Gasteiger partial charge is 0.318 e. The summed E-state index contributed by atoms with van der Waals surface area (Å²) in [5.41, 5.74) is 5.99. The molecule has 1 saturated heterocycles. The minimum absolute atomic E-state index is 0.0164. The van der Waals surface area contributed by atoms with Gasteiger partial charge in [-0.2, -0.15) is 15.1 Å². The molecule has 196 valence electrons. The van der Waals surface area contributed by atoms with Crippen molar-refractivity contribution in [2.75, 3.05) is 58.3 Å². The molecule has 3 aromatic rings. The van der Waals surface area contributed by atoms with Crippen molar-refractivity contribution in [3.63, 3.8) is 0 Å². The number of carbonyl (C=O) groups excluding carboxylic acids is 1. The molecule has 5 rings (SSSR count). The van der Waals surface area contributed by atoms with E-state index in [1.807, 2.05) is 25.2 Å². The number of aromatic amines is 1. The van der Waals surface area contributed by atoms with Crippen molar-refractivity contribution in [1.82, 2.24) is 30.0 Å². The number of aromatic nitrogens is 4. The fraction of sp³-hybridized carbons (Fsp3) is 0.500. The van der Waals surface area contributed by atoms with Crippen LogP contribution in [-0.4, -0.2) is 89.3 Å². The third kappa shape index (κ3) is 5.05. The molecule has 2 aliphatic rings. The number of anilines is 1. The molecule has 0 saturated carbocycles. The average Bonchev–Trinajstić information content (AvgIpc) is 3.37. The maximum atomic E-state index is 12.1. The average molecular weight is 504 g/mol. The van der Waals surface area contributed by atoms with Gasteiger partial charge in [-0.15, -0.1) is 0 Å². The summed E-state index contributed by atoms with van der Waals surface area (Å²) in [6.07, 6.45) is 5.07. The molecule has 3 heterocycles. The molecule has 9 nitrogen and oxygen atoms in total. The van der Waals surface area contributed by atoms with Gasteiger partial charge in [-0.25, -0.2) is 0 Å². The SMILES string of the molecule is C=CC(=O)N1CCN(c2nc(OCCN(C)C)nc3c2C[C@@H](C)[C@H](c2c(C)ccc4[nH]ncc24)C3)CC1. The minimum Gasteiger partial charge on any atom is -0.462 e. The molecule has 1 N–H and O–H groups in total. The lowest BCUT2D eigenvalue weighted by Crippen LogP contribution is -2.49. The Bertz CT molecular complexity index is 1290. The number of rotatable bonds is 7. The van der Waals surface area contributed by atoms with Crippen LogP contribution in [0.25, 0.3) is 10.9 Å². The second-order valence-corrected chi connectivity index (χ2v) is 10.5. The van der Waals surface area contributed by atoms with Gasteiger partial charge >= 0.3 is 6.01 Å². The molecule has 9 heteroatoms. The lowest BCUT2D eigenvalue weighted by atomic mass is 9.73. The lowest BCUT2D eigenvalue weighted by molar-refractivity contribution is -0.126. The number of hydrogen-bond donors (Lipinski definition) is 1. The molecule has 0 unspecified atom stereocenters. The van der Waals surface area contributed by atoms with Gasteiger partial charge in [-0.3, -0.25) is 9.89 Å². The van der Waals surface area contributed by atoms with E-state index in [0.717, 1.165) is 49.5 Å². The van der Waals surface area contributed by atoms with Crippen LogP contribution in [0.3, 0.4) is 0 Å². The number of H-pyrrole nitrogens is 1. The number of ether oxygens (including phenoxy) is 1. The molecule has 2 atom stereocenters. The molecule has 1 amide bonds. The zero-order valence-electron chi connectivity index (χ0n) is 22.3. The van der Waals surface area contributed by atoms with E-state index in [0.29, 0.717) is 37.5 Å². The predicted octanol–water partition coefficient (Wildman–Crippen LogP) is 2.95. The number of carbonyl (C=O) groups is 1. The van der Waals surface area contributed by atoms with Crippen molar-refractivity contribution in [2.45, 2.75) is 32.6 Å². The maximum Gasteiger partial charge on any atom is 0.318 e. The van der Waals surface area contributed by atoms with Crippen LogP contribution in [0.5, 0.6) is 6.01 Å². The van der Waals surface area contributed by atoms with Crippen molar-refractivity contribution in [2.24, 2.45) is 5.92 Å². The molecule has 0 spiro atoms. The minimum atomic E-state index is -0.0164. The molecule has 1 aromatic carbocycles. The Morgan fingerprint density at radius 2 is 2.00 bits per heavy atom. The van der Waals surface area contributed by atoms with Crippen molar-refractivity contribution in [3.8, 4) is 6.01 Å². The van der Waals surface area contributed by atoms with E-state index in [4.69, 9.17) is 14.7 Å². The van der Waals surface area contributed by atoms with Gasteiger partial charge in [0.25, 0.3) is 0 Å². The quantitative estimate of drug-likeness (QED) is 0.496. The number of benzene rings is 1. The number of nitrogens with one attached hydrogen (secondary N) is 1. The highest BCUT2D eigenvalue weighted by molar-refractivity contribution is 5.87.